The first-order chi connectivity index (χ1) is 19.7. The van der Waals surface area contributed by atoms with Gasteiger partial charge in [-0.05, 0) is 71.1 Å². The first kappa shape index (κ1) is 31.1. The van der Waals surface area contributed by atoms with Gasteiger partial charge < -0.3 is 5.11 Å². The third kappa shape index (κ3) is 7.91. The van der Waals surface area contributed by atoms with Gasteiger partial charge in [-0.25, -0.2) is 0 Å². The monoisotopic (exact) mass is 574 g/mol. The van der Waals surface area contributed by atoms with Crippen LogP contribution >= 0.6 is 23.5 Å². The molecule has 0 aliphatic heterocycles. The van der Waals surface area contributed by atoms with Crippen LogP contribution in [-0.2, 0) is 12.8 Å². The largest absolute Gasteiger partial charge is 0.507 e. The van der Waals surface area contributed by atoms with Crippen LogP contribution in [0.5, 0.6) is 5.75 Å². The van der Waals surface area contributed by atoms with Crippen molar-refractivity contribution in [2.45, 2.75) is 120 Å². The quantitative estimate of drug-likeness (QED) is 0.0942. The maximum Gasteiger partial charge on any atom is 0.126 e. The smallest absolute Gasteiger partial charge is 0.126 e. The summed E-state index contributed by atoms with van der Waals surface area (Å²) in [6.45, 7) is 6.71. The summed E-state index contributed by atoms with van der Waals surface area (Å²) in [6.07, 6.45) is 17.8. The molecule has 0 saturated heterocycles. The van der Waals surface area contributed by atoms with E-state index in [0.717, 1.165) is 29.7 Å². The van der Waals surface area contributed by atoms with Gasteiger partial charge in [0, 0.05) is 20.9 Å². The van der Waals surface area contributed by atoms with Crippen molar-refractivity contribution in [3.63, 3.8) is 0 Å². The Morgan fingerprint density at radius 1 is 0.625 bits per heavy atom. The molecule has 0 amide bonds. The molecule has 0 heterocycles. The first-order valence-electron chi connectivity index (χ1n) is 16.0. The molecule has 0 spiro atoms. The van der Waals surface area contributed by atoms with Crippen molar-refractivity contribution in [3.05, 3.63) is 65.2 Å². The van der Waals surface area contributed by atoms with Crippen molar-refractivity contribution in [2.24, 2.45) is 0 Å². The molecule has 3 aromatic rings. The number of benzene rings is 3. The van der Waals surface area contributed by atoms with Crippen LogP contribution in [0, 0.1) is 0 Å². The SMILES string of the molecule is CCCCCCCCSc1cc(SCCCCCCCC)c(-c2cccc(CC)c2O)c2c1-c1ccccc1C2. The number of rotatable bonds is 18. The Labute approximate surface area is 253 Å². The number of hydrogen-bond acceptors (Lipinski definition) is 3. The zero-order valence-electron chi connectivity index (χ0n) is 25.2. The van der Waals surface area contributed by atoms with Crippen molar-refractivity contribution in [2.75, 3.05) is 11.5 Å². The van der Waals surface area contributed by atoms with Crippen molar-refractivity contribution in [1.29, 1.82) is 0 Å². The molecule has 40 heavy (non-hydrogen) atoms. The van der Waals surface area contributed by atoms with Crippen LogP contribution in [0.1, 0.15) is 115 Å². The van der Waals surface area contributed by atoms with Gasteiger partial charge in [0.15, 0.2) is 0 Å². The lowest BCUT2D eigenvalue weighted by atomic mass is 9.93. The third-order valence-electron chi connectivity index (χ3n) is 8.29. The fourth-order valence-electron chi connectivity index (χ4n) is 6.00. The predicted octanol–water partition coefficient (Wildman–Crippen LogP) is 12.1. The van der Waals surface area contributed by atoms with Gasteiger partial charge in [0.2, 0.25) is 0 Å². The van der Waals surface area contributed by atoms with Gasteiger partial charge in [-0.2, -0.15) is 0 Å². The fourth-order valence-corrected chi connectivity index (χ4v) is 8.37. The third-order valence-corrected chi connectivity index (χ3v) is 10.5. The van der Waals surface area contributed by atoms with Crippen molar-refractivity contribution < 1.29 is 5.11 Å². The van der Waals surface area contributed by atoms with Gasteiger partial charge in [-0.1, -0.05) is 127 Å². The summed E-state index contributed by atoms with van der Waals surface area (Å²) in [6, 6.07) is 17.8. The van der Waals surface area contributed by atoms with Crippen LogP contribution in [-0.4, -0.2) is 16.6 Å². The normalized spacial score (nSPS) is 12.1. The predicted molar refractivity (Wildman–Crippen MR) is 179 cm³/mol. The van der Waals surface area contributed by atoms with Crippen molar-refractivity contribution >= 4 is 23.5 Å². The fraction of sp³-hybridized carbons (Fsp3) is 0.514. The Kier molecular flexibility index (Phi) is 12.9. The van der Waals surface area contributed by atoms with E-state index in [0.29, 0.717) is 5.75 Å². The van der Waals surface area contributed by atoms with E-state index >= 15 is 0 Å². The number of aryl methyl sites for hydroxylation is 1. The number of fused-ring (bicyclic) bond motifs is 3. The number of aromatic hydroxyl groups is 1. The summed E-state index contributed by atoms with van der Waals surface area (Å²) >= 11 is 4.08. The number of unbranched alkanes of at least 4 members (excludes halogenated alkanes) is 10. The average Bonchev–Trinajstić information content (AvgIpc) is 3.36. The molecule has 0 atom stereocenters. The van der Waals surface area contributed by atoms with E-state index in [1.54, 1.807) is 0 Å². The molecule has 0 radical (unpaired) electrons. The zero-order valence-corrected chi connectivity index (χ0v) is 26.8. The molecule has 4 rings (SSSR count). The molecule has 0 saturated carbocycles. The van der Waals surface area contributed by atoms with Gasteiger partial charge >= 0.3 is 0 Å². The molecule has 0 fully saturated rings. The van der Waals surface area contributed by atoms with Gasteiger partial charge in [0.05, 0.1) is 0 Å². The summed E-state index contributed by atoms with van der Waals surface area (Å²) in [4.78, 5) is 2.79. The Bertz CT molecular complexity index is 1220. The summed E-state index contributed by atoms with van der Waals surface area (Å²) in [7, 11) is 0. The van der Waals surface area contributed by atoms with E-state index < -0.39 is 0 Å². The Hall–Kier alpha value is -1.84. The van der Waals surface area contributed by atoms with Crippen LogP contribution in [0.15, 0.2) is 58.3 Å². The van der Waals surface area contributed by atoms with E-state index in [2.05, 4.69) is 81.1 Å². The second kappa shape index (κ2) is 16.6. The maximum atomic E-state index is 11.4. The minimum atomic E-state index is 0.469. The van der Waals surface area contributed by atoms with Gasteiger partial charge in [-0.15, -0.1) is 23.5 Å². The first-order valence-corrected chi connectivity index (χ1v) is 18.0. The minimum absolute atomic E-state index is 0.469. The number of phenolic OH excluding ortho intramolecular Hbond substituents is 1. The van der Waals surface area contributed by atoms with E-state index in [-0.39, 0.29) is 0 Å². The topological polar surface area (TPSA) is 20.2 Å². The molecular weight excluding hydrogens is 525 g/mol. The highest BCUT2D eigenvalue weighted by atomic mass is 32.2. The van der Waals surface area contributed by atoms with Crippen molar-refractivity contribution in [1.82, 2.24) is 0 Å². The Balaban J connectivity index is 1.66. The average molecular weight is 575 g/mol. The zero-order chi connectivity index (χ0) is 28.2. The van der Waals surface area contributed by atoms with Crippen LogP contribution in [0.25, 0.3) is 22.3 Å². The van der Waals surface area contributed by atoms with E-state index in [9.17, 15) is 5.11 Å². The second-order valence-corrected chi connectivity index (χ2v) is 13.6. The van der Waals surface area contributed by atoms with Crippen LogP contribution in [0.4, 0.5) is 0 Å². The lowest BCUT2D eigenvalue weighted by molar-refractivity contribution is 0.471. The highest BCUT2D eigenvalue weighted by Crippen LogP contribution is 2.52. The summed E-state index contributed by atoms with van der Waals surface area (Å²) in [5, 5.41) is 11.4. The Morgan fingerprint density at radius 3 is 1.80 bits per heavy atom. The summed E-state index contributed by atoms with van der Waals surface area (Å²) in [5.41, 5.74) is 8.98. The number of phenols is 1. The van der Waals surface area contributed by atoms with Crippen LogP contribution < -0.4 is 0 Å². The molecular formula is C37H50OS2. The molecule has 1 nitrogen and oxygen atoms in total. The Morgan fingerprint density at radius 2 is 1.18 bits per heavy atom. The number of hydrogen-bond donors (Lipinski definition) is 1. The van der Waals surface area contributed by atoms with E-state index in [1.165, 1.54) is 120 Å². The van der Waals surface area contributed by atoms with Crippen LogP contribution in [0.3, 0.4) is 0 Å². The molecule has 0 bridgehead atoms. The van der Waals surface area contributed by atoms with Gasteiger partial charge in [-0.3, -0.25) is 0 Å². The maximum absolute atomic E-state index is 11.4. The second-order valence-electron chi connectivity index (χ2n) is 11.3. The van der Waals surface area contributed by atoms with E-state index in [4.69, 9.17) is 0 Å². The van der Waals surface area contributed by atoms with Gasteiger partial charge in [0.25, 0.3) is 0 Å². The standard InChI is InChI=1S/C37H50OS2/c1-4-7-9-11-13-17-24-39-33-27-34(40-25-18-14-12-10-8-5-2)36(31-23-19-21-28(6-3)37(31)38)32-26-29-20-15-16-22-30(29)35(32)33/h15-16,19-23,27,38H,4-14,17-18,24-26H2,1-3H3. The minimum Gasteiger partial charge on any atom is -0.507 e. The number of thioether (sulfide) groups is 2. The highest BCUT2D eigenvalue weighted by Gasteiger charge is 2.28. The molecule has 0 unspecified atom stereocenters. The molecule has 1 aliphatic carbocycles. The van der Waals surface area contributed by atoms with Crippen LogP contribution in [0.2, 0.25) is 0 Å². The molecule has 216 valence electrons. The van der Waals surface area contributed by atoms with Crippen molar-refractivity contribution in [3.8, 4) is 28.0 Å². The highest BCUT2D eigenvalue weighted by molar-refractivity contribution is 8.00. The lowest BCUT2D eigenvalue weighted by Gasteiger charge is -2.20. The molecule has 0 aromatic heterocycles. The molecule has 3 aromatic carbocycles. The van der Waals surface area contributed by atoms with Gasteiger partial charge in [0.1, 0.15) is 5.75 Å². The summed E-state index contributed by atoms with van der Waals surface area (Å²) < 4.78 is 0. The molecule has 1 N–H and O–H groups in total. The number of para-hydroxylation sites is 1. The summed E-state index contributed by atoms with van der Waals surface area (Å²) in [5.74, 6) is 2.79. The lowest BCUT2D eigenvalue weighted by Crippen LogP contribution is -1.97. The molecule has 1 aliphatic rings. The van der Waals surface area contributed by atoms with E-state index in [1.807, 2.05) is 11.8 Å². The molecule has 3 heteroatoms.